The second-order valence-electron chi connectivity index (χ2n) is 5.54. The fraction of sp³-hybridized carbons (Fsp3) is 0.278. The van der Waals surface area contributed by atoms with E-state index < -0.39 is 0 Å². The summed E-state index contributed by atoms with van der Waals surface area (Å²) < 4.78 is 0. The summed E-state index contributed by atoms with van der Waals surface area (Å²) in [4.78, 5) is 16.5. The van der Waals surface area contributed by atoms with E-state index in [2.05, 4.69) is 10.3 Å². The van der Waals surface area contributed by atoms with E-state index in [1.165, 1.54) is 0 Å². The van der Waals surface area contributed by atoms with E-state index in [-0.39, 0.29) is 17.5 Å². The Morgan fingerprint density at radius 1 is 1.27 bits per heavy atom. The van der Waals surface area contributed by atoms with Gasteiger partial charge in [0, 0.05) is 17.6 Å². The Balaban J connectivity index is 1.90. The number of rotatable bonds is 3. The van der Waals surface area contributed by atoms with Gasteiger partial charge in [-0.05, 0) is 36.6 Å². The van der Waals surface area contributed by atoms with Gasteiger partial charge in [-0.15, -0.1) is 0 Å². The minimum absolute atomic E-state index is 0.142. The molecule has 1 fully saturated rings. The summed E-state index contributed by atoms with van der Waals surface area (Å²) in [6.45, 7) is 0. The van der Waals surface area contributed by atoms with E-state index in [4.69, 9.17) is 0 Å². The number of benzene rings is 1. The standard InChI is InChI=1S/C18H17N3O/c19-12-14(18(22)21-15-5-1-2-6-15)11-13-9-10-20-17-8-4-3-7-16(13)17/h3-4,7-11,15H,1-2,5-6H2,(H,21,22)/b14-11+. The number of nitrogens with zero attached hydrogens (tertiary/aromatic N) is 2. The normalized spacial score (nSPS) is 15.7. The van der Waals surface area contributed by atoms with Crippen LogP contribution in [0.25, 0.3) is 17.0 Å². The zero-order chi connectivity index (χ0) is 15.4. The van der Waals surface area contributed by atoms with Gasteiger partial charge in [0.1, 0.15) is 11.6 Å². The molecule has 110 valence electrons. The zero-order valence-electron chi connectivity index (χ0n) is 12.2. The lowest BCUT2D eigenvalue weighted by molar-refractivity contribution is -0.117. The van der Waals surface area contributed by atoms with E-state index in [1.807, 2.05) is 36.4 Å². The third kappa shape index (κ3) is 2.99. The SMILES string of the molecule is N#C/C(=C\c1ccnc2ccccc12)C(=O)NC1CCCC1. The first-order chi connectivity index (χ1) is 10.8. The van der Waals surface area contributed by atoms with Crippen molar-refractivity contribution in [3.8, 4) is 6.07 Å². The molecular formula is C18H17N3O. The summed E-state index contributed by atoms with van der Waals surface area (Å²) in [5, 5.41) is 13.2. The Kier molecular flexibility index (Phi) is 4.15. The summed E-state index contributed by atoms with van der Waals surface area (Å²) in [5.74, 6) is -0.282. The number of hydrogen-bond donors (Lipinski definition) is 1. The maximum absolute atomic E-state index is 12.3. The monoisotopic (exact) mass is 291 g/mol. The predicted molar refractivity (Wildman–Crippen MR) is 85.7 cm³/mol. The van der Waals surface area contributed by atoms with Crippen LogP contribution < -0.4 is 5.32 Å². The molecule has 4 heteroatoms. The van der Waals surface area contributed by atoms with Gasteiger partial charge in [-0.1, -0.05) is 31.0 Å². The highest BCUT2D eigenvalue weighted by molar-refractivity contribution is 6.03. The topological polar surface area (TPSA) is 65.8 Å². The fourth-order valence-electron chi connectivity index (χ4n) is 2.88. The Morgan fingerprint density at radius 3 is 2.82 bits per heavy atom. The molecule has 22 heavy (non-hydrogen) atoms. The molecule has 1 saturated carbocycles. The first kappa shape index (κ1) is 14.3. The van der Waals surface area contributed by atoms with Crippen LogP contribution in [0.3, 0.4) is 0 Å². The van der Waals surface area contributed by atoms with Crippen LogP contribution in [0.2, 0.25) is 0 Å². The van der Waals surface area contributed by atoms with Crippen molar-refractivity contribution in [1.82, 2.24) is 10.3 Å². The molecule has 1 aromatic carbocycles. The van der Waals surface area contributed by atoms with Crippen LogP contribution in [0.15, 0.2) is 42.1 Å². The second-order valence-corrected chi connectivity index (χ2v) is 5.54. The molecule has 2 aromatic rings. The highest BCUT2D eigenvalue weighted by Crippen LogP contribution is 2.20. The Morgan fingerprint density at radius 2 is 2.05 bits per heavy atom. The molecule has 0 atom stereocenters. The van der Waals surface area contributed by atoms with Gasteiger partial charge in [0.25, 0.3) is 5.91 Å². The smallest absolute Gasteiger partial charge is 0.262 e. The summed E-state index contributed by atoms with van der Waals surface area (Å²) in [7, 11) is 0. The van der Waals surface area contributed by atoms with Crippen molar-refractivity contribution in [2.75, 3.05) is 0 Å². The van der Waals surface area contributed by atoms with E-state index in [9.17, 15) is 10.1 Å². The van der Waals surface area contributed by atoms with E-state index >= 15 is 0 Å². The van der Waals surface area contributed by atoms with Gasteiger partial charge in [0.2, 0.25) is 0 Å². The van der Waals surface area contributed by atoms with Gasteiger partial charge in [-0.2, -0.15) is 5.26 Å². The lowest BCUT2D eigenvalue weighted by Gasteiger charge is -2.11. The van der Waals surface area contributed by atoms with Gasteiger partial charge in [-0.3, -0.25) is 9.78 Å². The van der Waals surface area contributed by atoms with Crippen LogP contribution in [0, 0.1) is 11.3 Å². The maximum atomic E-state index is 12.3. The van der Waals surface area contributed by atoms with Crippen molar-refractivity contribution < 1.29 is 4.79 Å². The maximum Gasteiger partial charge on any atom is 0.262 e. The predicted octanol–water partition coefficient (Wildman–Crippen LogP) is 3.20. The van der Waals surface area contributed by atoms with Gasteiger partial charge in [-0.25, -0.2) is 0 Å². The molecule has 0 aliphatic heterocycles. The number of carbonyl (C=O) groups excluding carboxylic acids is 1. The molecular weight excluding hydrogens is 274 g/mol. The first-order valence-corrected chi connectivity index (χ1v) is 7.54. The molecule has 1 heterocycles. The number of pyridine rings is 1. The Hall–Kier alpha value is -2.67. The molecule has 1 amide bonds. The molecule has 1 aliphatic carbocycles. The fourth-order valence-corrected chi connectivity index (χ4v) is 2.88. The number of aromatic nitrogens is 1. The highest BCUT2D eigenvalue weighted by Gasteiger charge is 2.19. The van der Waals surface area contributed by atoms with E-state index in [0.717, 1.165) is 42.1 Å². The van der Waals surface area contributed by atoms with Crippen LogP contribution in [-0.2, 0) is 4.79 Å². The number of hydrogen-bond acceptors (Lipinski definition) is 3. The van der Waals surface area contributed by atoms with Gasteiger partial charge in [0.15, 0.2) is 0 Å². The summed E-state index contributed by atoms with van der Waals surface area (Å²) in [6, 6.07) is 11.7. The van der Waals surface area contributed by atoms with E-state index in [1.54, 1.807) is 12.3 Å². The highest BCUT2D eigenvalue weighted by atomic mass is 16.1. The van der Waals surface area contributed by atoms with Crippen LogP contribution in [0.1, 0.15) is 31.2 Å². The van der Waals surface area contributed by atoms with Crippen molar-refractivity contribution in [2.24, 2.45) is 0 Å². The minimum atomic E-state index is -0.282. The Bertz CT molecular complexity index is 762. The van der Waals surface area contributed by atoms with Crippen LogP contribution in [-0.4, -0.2) is 16.9 Å². The van der Waals surface area contributed by atoms with Crippen molar-refractivity contribution in [1.29, 1.82) is 5.26 Å². The lowest BCUT2D eigenvalue weighted by Crippen LogP contribution is -2.33. The number of fused-ring (bicyclic) bond motifs is 1. The zero-order valence-corrected chi connectivity index (χ0v) is 12.2. The molecule has 0 spiro atoms. The number of amides is 1. The molecule has 0 saturated heterocycles. The molecule has 0 bridgehead atoms. The van der Waals surface area contributed by atoms with Crippen LogP contribution in [0.5, 0.6) is 0 Å². The summed E-state index contributed by atoms with van der Waals surface area (Å²) >= 11 is 0. The van der Waals surface area contributed by atoms with Crippen molar-refractivity contribution in [2.45, 2.75) is 31.7 Å². The molecule has 3 rings (SSSR count). The summed E-state index contributed by atoms with van der Waals surface area (Å²) in [5.41, 5.74) is 1.83. The summed E-state index contributed by atoms with van der Waals surface area (Å²) in [6.07, 6.45) is 7.63. The van der Waals surface area contributed by atoms with Crippen molar-refractivity contribution in [3.05, 3.63) is 47.7 Å². The molecule has 0 unspecified atom stereocenters. The molecule has 4 nitrogen and oxygen atoms in total. The van der Waals surface area contributed by atoms with Gasteiger partial charge < -0.3 is 5.32 Å². The van der Waals surface area contributed by atoms with Crippen molar-refractivity contribution in [3.63, 3.8) is 0 Å². The minimum Gasteiger partial charge on any atom is -0.349 e. The van der Waals surface area contributed by atoms with Gasteiger partial charge >= 0.3 is 0 Å². The Labute approximate surface area is 129 Å². The average Bonchev–Trinajstić information content (AvgIpc) is 3.05. The largest absolute Gasteiger partial charge is 0.349 e. The average molecular weight is 291 g/mol. The van der Waals surface area contributed by atoms with Crippen LogP contribution >= 0.6 is 0 Å². The molecule has 1 aromatic heterocycles. The third-order valence-electron chi connectivity index (χ3n) is 4.04. The van der Waals surface area contributed by atoms with E-state index in [0.29, 0.717) is 0 Å². The molecule has 1 aliphatic rings. The number of para-hydroxylation sites is 1. The third-order valence-corrected chi connectivity index (χ3v) is 4.04. The molecule has 1 N–H and O–H groups in total. The number of nitriles is 1. The second kappa shape index (κ2) is 6.40. The lowest BCUT2D eigenvalue weighted by atomic mass is 10.1. The number of nitrogens with one attached hydrogen (secondary N) is 1. The molecule has 0 radical (unpaired) electrons. The quantitative estimate of drug-likeness (QED) is 0.697. The van der Waals surface area contributed by atoms with Crippen molar-refractivity contribution >= 4 is 22.9 Å². The number of carbonyl (C=O) groups is 1. The van der Waals surface area contributed by atoms with Crippen LogP contribution in [0.4, 0.5) is 0 Å². The first-order valence-electron chi connectivity index (χ1n) is 7.54. The van der Waals surface area contributed by atoms with Gasteiger partial charge in [0.05, 0.1) is 5.52 Å².